The molecule has 2 heterocycles. The third-order valence-corrected chi connectivity index (χ3v) is 5.46. The third-order valence-electron chi connectivity index (χ3n) is 5.21. The lowest BCUT2D eigenvalue weighted by Gasteiger charge is -2.22. The average molecular weight is 410 g/mol. The van der Waals surface area contributed by atoms with Crippen LogP contribution in [0.2, 0.25) is 5.02 Å². The molecule has 0 unspecified atom stereocenters. The van der Waals surface area contributed by atoms with Gasteiger partial charge in [-0.05, 0) is 41.8 Å². The molecule has 0 bridgehead atoms. The molecule has 0 spiro atoms. The van der Waals surface area contributed by atoms with Gasteiger partial charge < -0.3 is 4.90 Å². The molecule has 1 amide bonds. The Kier molecular flexibility index (Phi) is 6.22. The Morgan fingerprint density at radius 1 is 0.897 bits per heavy atom. The highest BCUT2D eigenvalue weighted by Crippen LogP contribution is 2.15. The highest BCUT2D eigenvalue weighted by molar-refractivity contribution is 6.30. The number of halogens is 1. The quantitative estimate of drug-likeness (QED) is 0.648. The molecule has 0 N–H and O–H groups in total. The van der Waals surface area contributed by atoms with E-state index >= 15 is 0 Å². The smallest absolute Gasteiger partial charge is 0.253 e. The Balaban J connectivity index is 1.33. The van der Waals surface area contributed by atoms with E-state index in [-0.39, 0.29) is 5.91 Å². The normalized spacial score (nSPS) is 15.3. The Morgan fingerprint density at radius 3 is 2.34 bits per heavy atom. The van der Waals surface area contributed by atoms with Crippen molar-refractivity contribution in [3.63, 3.8) is 0 Å². The summed E-state index contributed by atoms with van der Waals surface area (Å²) in [4.78, 5) is 21.3. The van der Waals surface area contributed by atoms with Crippen molar-refractivity contribution in [2.45, 2.75) is 19.5 Å². The number of aromatic nitrogens is 3. The monoisotopic (exact) mass is 409 g/mol. The van der Waals surface area contributed by atoms with Gasteiger partial charge in [-0.15, -0.1) is 0 Å². The van der Waals surface area contributed by atoms with Gasteiger partial charge in [-0.2, -0.15) is 5.10 Å². The van der Waals surface area contributed by atoms with Crippen LogP contribution < -0.4 is 0 Å². The molecule has 2 aromatic carbocycles. The van der Waals surface area contributed by atoms with Crippen LogP contribution in [0.1, 0.15) is 27.9 Å². The van der Waals surface area contributed by atoms with Crippen molar-refractivity contribution < 1.29 is 4.79 Å². The molecule has 1 saturated heterocycles. The molecule has 3 aromatic rings. The van der Waals surface area contributed by atoms with E-state index in [4.69, 9.17) is 11.6 Å². The van der Waals surface area contributed by atoms with Gasteiger partial charge in [-0.1, -0.05) is 35.9 Å². The molecule has 7 heteroatoms. The molecule has 4 rings (SSSR count). The lowest BCUT2D eigenvalue weighted by molar-refractivity contribution is 0.0761. The Labute approximate surface area is 175 Å². The van der Waals surface area contributed by atoms with Crippen molar-refractivity contribution >= 4 is 17.5 Å². The first-order valence-corrected chi connectivity index (χ1v) is 10.2. The lowest BCUT2D eigenvalue weighted by atomic mass is 10.1. The number of hydrogen-bond acceptors (Lipinski definition) is 4. The minimum Gasteiger partial charge on any atom is -0.337 e. The highest BCUT2D eigenvalue weighted by Gasteiger charge is 2.20. The van der Waals surface area contributed by atoms with Crippen LogP contribution in [0.4, 0.5) is 0 Å². The van der Waals surface area contributed by atoms with Crippen LogP contribution in [-0.2, 0) is 13.1 Å². The van der Waals surface area contributed by atoms with Gasteiger partial charge in [0.25, 0.3) is 5.91 Å². The van der Waals surface area contributed by atoms with E-state index < -0.39 is 0 Å². The van der Waals surface area contributed by atoms with E-state index in [9.17, 15) is 4.79 Å². The number of hydrogen-bond donors (Lipinski definition) is 0. The molecule has 1 aliphatic heterocycles. The van der Waals surface area contributed by atoms with Gasteiger partial charge in [0.1, 0.15) is 12.7 Å². The van der Waals surface area contributed by atoms with Gasteiger partial charge in [0.15, 0.2) is 0 Å². The van der Waals surface area contributed by atoms with Gasteiger partial charge in [0.2, 0.25) is 0 Å². The van der Waals surface area contributed by atoms with Crippen molar-refractivity contribution in [1.29, 1.82) is 0 Å². The zero-order valence-electron chi connectivity index (χ0n) is 16.2. The summed E-state index contributed by atoms with van der Waals surface area (Å²) in [5.74, 6) is 0.102. The van der Waals surface area contributed by atoms with E-state index in [0.29, 0.717) is 6.54 Å². The number of amides is 1. The van der Waals surface area contributed by atoms with Crippen LogP contribution in [-0.4, -0.2) is 56.7 Å². The molecule has 0 saturated carbocycles. The van der Waals surface area contributed by atoms with Crippen LogP contribution in [0.15, 0.2) is 61.2 Å². The molecule has 1 fully saturated rings. The van der Waals surface area contributed by atoms with Crippen LogP contribution in [0.25, 0.3) is 0 Å². The lowest BCUT2D eigenvalue weighted by Crippen LogP contribution is -2.35. The number of nitrogens with zero attached hydrogens (tertiary/aromatic N) is 5. The second-order valence-electron chi connectivity index (χ2n) is 7.34. The number of rotatable bonds is 5. The highest BCUT2D eigenvalue weighted by atomic mass is 35.5. The van der Waals surface area contributed by atoms with Crippen LogP contribution in [0, 0.1) is 0 Å². The summed E-state index contributed by atoms with van der Waals surface area (Å²) in [6, 6.07) is 15.8. The maximum Gasteiger partial charge on any atom is 0.253 e. The summed E-state index contributed by atoms with van der Waals surface area (Å²) < 4.78 is 1.76. The molecule has 1 aromatic heterocycles. The first-order valence-electron chi connectivity index (χ1n) is 9.85. The minimum atomic E-state index is 0.102. The fraction of sp³-hybridized carbons (Fsp3) is 0.318. The van der Waals surface area contributed by atoms with Gasteiger partial charge in [0, 0.05) is 43.3 Å². The summed E-state index contributed by atoms with van der Waals surface area (Å²) in [5.41, 5.74) is 3.08. The first kappa shape index (κ1) is 19.6. The summed E-state index contributed by atoms with van der Waals surface area (Å²) in [6.45, 7) is 4.93. The second-order valence-corrected chi connectivity index (χ2v) is 7.77. The summed E-state index contributed by atoms with van der Waals surface area (Å²) in [6.07, 6.45) is 4.18. The van der Waals surface area contributed by atoms with Crippen molar-refractivity contribution in [2.24, 2.45) is 0 Å². The zero-order chi connectivity index (χ0) is 20.1. The van der Waals surface area contributed by atoms with Gasteiger partial charge >= 0.3 is 0 Å². The molecule has 1 aliphatic rings. The molecular weight excluding hydrogens is 386 g/mol. The summed E-state index contributed by atoms with van der Waals surface area (Å²) >= 11 is 5.97. The van der Waals surface area contributed by atoms with Gasteiger partial charge in [-0.3, -0.25) is 9.69 Å². The zero-order valence-corrected chi connectivity index (χ0v) is 17.0. The van der Waals surface area contributed by atoms with Crippen molar-refractivity contribution in [2.75, 3.05) is 26.2 Å². The number of benzene rings is 2. The van der Waals surface area contributed by atoms with Crippen LogP contribution in [0.5, 0.6) is 0 Å². The summed E-state index contributed by atoms with van der Waals surface area (Å²) in [5, 5.41) is 4.87. The summed E-state index contributed by atoms with van der Waals surface area (Å²) in [7, 11) is 0. The van der Waals surface area contributed by atoms with Crippen LogP contribution in [0.3, 0.4) is 0 Å². The fourth-order valence-corrected chi connectivity index (χ4v) is 3.74. The number of carbonyl (C=O) groups is 1. The standard InChI is InChI=1S/C22H24ClN5O/c23-21-8-4-18(5-9-21)14-26-10-1-11-27(13-12-26)22(29)20-6-2-19(3-7-20)15-28-17-24-16-25-28/h2-9,16-17H,1,10-15H2. The van der Waals surface area contributed by atoms with E-state index in [1.165, 1.54) is 11.9 Å². The molecule has 0 atom stereocenters. The predicted molar refractivity (Wildman–Crippen MR) is 113 cm³/mol. The Hall–Kier alpha value is -2.70. The van der Waals surface area contributed by atoms with Crippen molar-refractivity contribution in [3.05, 3.63) is 82.9 Å². The molecular formula is C22H24ClN5O. The maximum absolute atomic E-state index is 12.9. The molecule has 150 valence electrons. The second kappa shape index (κ2) is 9.20. The van der Waals surface area contributed by atoms with Crippen LogP contribution >= 0.6 is 11.6 Å². The topological polar surface area (TPSA) is 54.3 Å². The van der Waals surface area contributed by atoms with E-state index in [1.807, 2.05) is 41.3 Å². The predicted octanol–water partition coefficient (Wildman–Crippen LogP) is 3.33. The molecule has 0 radical (unpaired) electrons. The maximum atomic E-state index is 12.9. The van der Waals surface area contributed by atoms with Gasteiger partial charge in [0.05, 0.1) is 6.54 Å². The SMILES string of the molecule is O=C(c1ccc(Cn2cncn2)cc1)N1CCCN(Cc2ccc(Cl)cc2)CC1. The minimum absolute atomic E-state index is 0.102. The average Bonchev–Trinajstić information content (AvgIpc) is 3.14. The molecule has 6 nitrogen and oxygen atoms in total. The van der Waals surface area contributed by atoms with E-state index in [0.717, 1.165) is 55.3 Å². The fourth-order valence-electron chi connectivity index (χ4n) is 3.62. The number of carbonyl (C=O) groups excluding carboxylic acids is 1. The van der Waals surface area contributed by atoms with Gasteiger partial charge in [-0.25, -0.2) is 9.67 Å². The molecule has 0 aliphatic carbocycles. The Bertz CT molecular complexity index is 925. The third kappa shape index (κ3) is 5.22. The van der Waals surface area contributed by atoms with Crippen molar-refractivity contribution in [1.82, 2.24) is 24.6 Å². The Morgan fingerprint density at radius 2 is 1.62 bits per heavy atom. The molecule has 29 heavy (non-hydrogen) atoms. The largest absolute Gasteiger partial charge is 0.337 e. The van der Waals surface area contributed by atoms with E-state index in [1.54, 1.807) is 11.0 Å². The van der Waals surface area contributed by atoms with E-state index in [2.05, 4.69) is 27.1 Å². The van der Waals surface area contributed by atoms with Crippen molar-refractivity contribution in [3.8, 4) is 0 Å². The first-order chi connectivity index (χ1) is 14.2.